The molecule has 1 aromatic heterocycles. The first-order valence-corrected chi connectivity index (χ1v) is 6.63. The molecule has 6 nitrogen and oxygen atoms in total. The van der Waals surface area contributed by atoms with E-state index in [1.807, 2.05) is 30.3 Å². The van der Waals surface area contributed by atoms with Crippen molar-refractivity contribution < 1.29 is 19.1 Å². The number of carboxylic acids is 1. The largest absolute Gasteiger partial charge is 0.480 e. The third-order valence-electron chi connectivity index (χ3n) is 3.60. The number of hydrogen-bond donors (Lipinski definition) is 2. The summed E-state index contributed by atoms with van der Waals surface area (Å²) in [6, 6.07) is 9.40. The van der Waals surface area contributed by atoms with Crippen LogP contribution in [0.5, 0.6) is 0 Å². The van der Waals surface area contributed by atoms with Crippen molar-refractivity contribution in [3.05, 3.63) is 42.3 Å². The number of carboxylic acid groups (broad SMARTS) is 1. The molecule has 3 rings (SSSR count). The average molecular weight is 286 g/mol. The third-order valence-corrected chi connectivity index (χ3v) is 3.60. The second-order valence-electron chi connectivity index (χ2n) is 5.08. The molecule has 1 aliphatic rings. The molecule has 1 aromatic carbocycles. The van der Waals surface area contributed by atoms with E-state index in [2.05, 4.69) is 10.3 Å². The van der Waals surface area contributed by atoms with Gasteiger partial charge >= 0.3 is 5.97 Å². The fraction of sp³-hybridized carbons (Fsp3) is 0.267. The van der Waals surface area contributed by atoms with E-state index in [4.69, 9.17) is 9.52 Å². The van der Waals surface area contributed by atoms with E-state index in [9.17, 15) is 9.59 Å². The van der Waals surface area contributed by atoms with Crippen LogP contribution in [0.4, 0.5) is 0 Å². The molecule has 0 spiro atoms. The van der Waals surface area contributed by atoms with Crippen LogP contribution in [0.2, 0.25) is 0 Å². The maximum Gasteiger partial charge on any atom is 0.319 e. The van der Waals surface area contributed by atoms with Crippen LogP contribution in [-0.4, -0.2) is 22.0 Å². The van der Waals surface area contributed by atoms with E-state index in [1.165, 1.54) is 6.26 Å². The van der Waals surface area contributed by atoms with Crippen LogP contribution in [0.3, 0.4) is 0 Å². The van der Waals surface area contributed by atoms with Gasteiger partial charge < -0.3 is 14.8 Å². The van der Waals surface area contributed by atoms with Gasteiger partial charge in [-0.15, -0.1) is 0 Å². The standard InChI is InChI=1S/C15H14N2O4/c18-13(15(6-7-15)14(19)20)16-8-11-9-21-12(17-11)10-4-2-1-3-5-10/h1-5,9H,6-8H2,(H,16,18)(H,19,20). The first-order chi connectivity index (χ1) is 10.1. The Bertz CT molecular complexity index is 674. The van der Waals surface area contributed by atoms with Crippen LogP contribution in [0, 0.1) is 5.41 Å². The predicted molar refractivity (Wildman–Crippen MR) is 73.1 cm³/mol. The van der Waals surface area contributed by atoms with Crippen molar-refractivity contribution in [1.82, 2.24) is 10.3 Å². The van der Waals surface area contributed by atoms with E-state index in [-0.39, 0.29) is 6.54 Å². The summed E-state index contributed by atoms with van der Waals surface area (Å²) >= 11 is 0. The highest BCUT2D eigenvalue weighted by Gasteiger charge is 2.56. The van der Waals surface area contributed by atoms with Gasteiger partial charge in [-0.3, -0.25) is 9.59 Å². The Labute approximate surface area is 120 Å². The molecule has 2 N–H and O–H groups in total. The van der Waals surface area contributed by atoms with Crippen molar-refractivity contribution in [2.45, 2.75) is 19.4 Å². The van der Waals surface area contributed by atoms with Crippen LogP contribution < -0.4 is 5.32 Å². The second-order valence-corrected chi connectivity index (χ2v) is 5.08. The minimum Gasteiger partial charge on any atom is -0.480 e. The van der Waals surface area contributed by atoms with Crippen molar-refractivity contribution in [2.75, 3.05) is 0 Å². The lowest BCUT2D eigenvalue weighted by Crippen LogP contribution is -2.36. The smallest absolute Gasteiger partial charge is 0.319 e. The topological polar surface area (TPSA) is 92.4 Å². The number of aliphatic carboxylic acids is 1. The Morgan fingerprint density at radius 1 is 1.29 bits per heavy atom. The molecule has 1 saturated carbocycles. The molecule has 1 aliphatic carbocycles. The molecule has 0 saturated heterocycles. The molecule has 1 heterocycles. The van der Waals surface area contributed by atoms with Crippen LogP contribution in [0.1, 0.15) is 18.5 Å². The van der Waals surface area contributed by atoms with Gasteiger partial charge in [-0.1, -0.05) is 18.2 Å². The lowest BCUT2D eigenvalue weighted by Gasteiger charge is -2.09. The summed E-state index contributed by atoms with van der Waals surface area (Å²) in [7, 11) is 0. The molecule has 0 unspecified atom stereocenters. The highest BCUT2D eigenvalue weighted by atomic mass is 16.4. The molecule has 1 fully saturated rings. The zero-order valence-electron chi connectivity index (χ0n) is 11.2. The van der Waals surface area contributed by atoms with Crippen molar-refractivity contribution in [3.63, 3.8) is 0 Å². The molecule has 0 atom stereocenters. The minimum atomic E-state index is -1.23. The van der Waals surface area contributed by atoms with Crippen molar-refractivity contribution in [1.29, 1.82) is 0 Å². The van der Waals surface area contributed by atoms with Crippen LogP contribution in [0.25, 0.3) is 11.5 Å². The van der Waals surface area contributed by atoms with Gasteiger partial charge in [0.05, 0.1) is 12.2 Å². The van der Waals surface area contributed by atoms with Gasteiger partial charge in [-0.25, -0.2) is 4.98 Å². The zero-order chi connectivity index (χ0) is 14.9. The summed E-state index contributed by atoms with van der Waals surface area (Å²) in [6.45, 7) is 0.157. The van der Waals surface area contributed by atoms with E-state index in [1.54, 1.807) is 0 Å². The fourth-order valence-electron chi connectivity index (χ4n) is 2.10. The average Bonchev–Trinajstić information content (AvgIpc) is 3.19. The molecule has 21 heavy (non-hydrogen) atoms. The van der Waals surface area contributed by atoms with Crippen LogP contribution >= 0.6 is 0 Å². The summed E-state index contributed by atoms with van der Waals surface area (Å²) in [6.07, 6.45) is 2.24. The molecular formula is C15H14N2O4. The number of carbonyl (C=O) groups excluding carboxylic acids is 1. The Morgan fingerprint density at radius 2 is 2.00 bits per heavy atom. The molecule has 0 bridgehead atoms. The Morgan fingerprint density at radius 3 is 2.62 bits per heavy atom. The summed E-state index contributed by atoms with van der Waals surface area (Å²) in [5.41, 5.74) is 0.175. The number of nitrogens with zero attached hydrogens (tertiary/aromatic N) is 1. The maximum atomic E-state index is 11.9. The van der Waals surface area contributed by atoms with Gasteiger partial charge in [0.15, 0.2) is 0 Å². The monoisotopic (exact) mass is 286 g/mol. The minimum absolute atomic E-state index is 0.157. The number of nitrogens with one attached hydrogen (secondary N) is 1. The highest BCUT2D eigenvalue weighted by molar-refractivity contribution is 6.04. The van der Waals surface area contributed by atoms with Gasteiger partial charge in [-0.05, 0) is 25.0 Å². The summed E-state index contributed by atoms with van der Waals surface area (Å²) in [4.78, 5) is 27.2. The van der Waals surface area contributed by atoms with E-state index in [0.29, 0.717) is 24.4 Å². The summed E-state index contributed by atoms with van der Waals surface area (Å²) in [5, 5.41) is 11.6. The third kappa shape index (κ3) is 2.52. The maximum absolute atomic E-state index is 11.9. The number of aromatic nitrogens is 1. The number of benzene rings is 1. The molecule has 0 aliphatic heterocycles. The number of oxazole rings is 1. The second kappa shape index (κ2) is 5.05. The number of amides is 1. The van der Waals surface area contributed by atoms with Gasteiger partial charge in [0.25, 0.3) is 0 Å². The van der Waals surface area contributed by atoms with Gasteiger partial charge in [0, 0.05) is 5.56 Å². The molecular weight excluding hydrogens is 272 g/mol. The van der Waals surface area contributed by atoms with Gasteiger partial charge in [0.1, 0.15) is 11.7 Å². The highest BCUT2D eigenvalue weighted by Crippen LogP contribution is 2.46. The van der Waals surface area contributed by atoms with E-state index in [0.717, 1.165) is 5.56 Å². The molecule has 1 amide bonds. The molecule has 108 valence electrons. The summed E-state index contributed by atoms with van der Waals surface area (Å²) < 4.78 is 5.35. The Balaban J connectivity index is 1.64. The number of carbonyl (C=O) groups is 2. The number of rotatable bonds is 5. The normalized spacial score (nSPS) is 15.4. The Kier molecular flexibility index (Phi) is 3.21. The molecule has 2 aromatic rings. The lowest BCUT2D eigenvalue weighted by molar-refractivity contribution is -0.149. The van der Waals surface area contributed by atoms with Crippen LogP contribution in [-0.2, 0) is 16.1 Å². The SMILES string of the molecule is O=C(O)C1(C(=O)NCc2coc(-c3ccccc3)n2)CC1. The predicted octanol–water partition coefficient (Wildman–Crippen LogP) is 1.82. The van der Waals surface area contributed by atoms with Gasteiger partial charge in [-0.2, -0.15) is 0 Å². The first kappa shape index (κ1) is 13.4. The van der Waals surface area contributed by atoms with Crippen molar-refractivity contribution in [2.24, 2.45) is 5.41 Å². The fourth-order valence-corrected chi connectivity index (χ4v) is 2.10. The lowest BCUT2D eigenvalue weighted by atomic mass is 10.1. The first-order valence-electron chi connectivity index (χ1n) is 6.63. The Hall–Kier alpha value is -2.63. The van der Waals surface area contributed by atoms with Gasteiger partial charge in [0.2, 0.25) is 11.8 Å². The number of hydrogen-bond acceptors (Lipinski definition) is 4. The summed E-state index contributed by atoms with van der Waals surface area (Å²) in [5.74, 6) is -1.05. The van der Waals surface area contributed by atoms with Crippen molar-refractivity contribution in [3.8, 4) is 11.5 Å². The molecule has 6 heteroatoms. The van der Waals surface area contributed by atoms with E-state index >= 15 is 0 Å². The zero-order valence-corrected chi connectivity index (χ0v) is 11.2. The molecule has 0 radical (unpaired) electrons. The van der Waals surface area contributed by atoms with E-state index < -0.39 is 17.3 Å². The van der Waals surface area contributed by atoms with Crippen molar-refractivity contribution >= 4 is 11.9 Å². The van der Waals surface area contributed by atoms with Crippen LogP contribution in [0.15, 0.2) is 41.0 Å². The quantitative estimate of drug-likeness (QED) is 0.818.